The molecule has 1 heterocycles. The molecule has 0 amide bonds. The van der Waals surface area contributed by atoms with E-state index in [1.165, 1.54) is 5.56 Å². The minimum absolute atomic E-state index is 0.0478. The predicted molar refractivity (Wildman–Crippen MR) is 101 cm³/mol. The number of rotatable bonds is 4. The number of hydrogen-bond donors (Lipinski definition) is 0. The van der Waals surface area contributed by atoms with E-state index in [-0.39, 0.29) is 17.7 Å². The Balaban J connectivity index is 1.80. The minimum atomic E-state index is -0.0478. The molecule has 0 aliphatic carbocycles. The van der Waals surface area contributed by atoms with Gasteiger partial charge in [-0.05, 0) is 50.5 Å². The monoisotopic (exact) mass is 343 g/mol. The molecule has 128 valence electrons. The van der Waals surface area contributed by atoms with E-state index in [0.717, 1.165) is 30.1 Å². The van der Waals surface area contributed by atoms with Crippen molar-refractivity contribution in [2.45, 2.75) is 44.9 Å². The van der Waals surface area contributed by atoms with Gasteiger partial charge in [-0.1, -0.05) is 54.1 Å². The summed E-state index contributed by atoms with van der Waals surface area (Å²) in [7, 11) is 0. The molecule has 3 heteroatoms. The summed E-state index contributed by atoms with van der Waals surface area (Å²) in [4.78, 5) is 2.50. The van der Waals surface area contributed by atoms with E-state index in [1.807, 2.05) is 18.2 Å². The second-order valence-corrected chi connectivity index (χ2v) is 7.94. The third-order valence-electron chi connectivity index (χ3n) is 4.70. The molecule has 24 heavy (non-hydrogen) atoms. The zero-order chi connectivity index (χ0) is 17.2. The second-order valence-electron chi connectivity index (χ2n) is 7.51. The van der Waals surface area contributed by atoms with E-state index in [9.17, 15) is 0 Å². The largest absolute Gasteiger partial charge is 0.364 e. The van der Waals surface area contributed by atoms with Crippen LogP contribution in [0.4, 0.5) is 0 Å². The zero-order valence-corrected chi connectivity index (χ0v) is 15.5. The first kappa shape index (κ1) is 17.5. The normalized spacial score (nSPS) is 20.2. The van der Waals surface area contributed by atoms with E-state index >= 15 is 0 Å². The molecule has 0 saturated carbocycles. The summed E-state index contributed by atoms with van der Waals surface area (Å²) in [6.07, 6.45) is 1.28. The Morgan fingerprint density at radius 1 is 1.00 bits per heavy atom. The third kappa shape index (κ3) is 4.18. The summed E-state index contributed by atoms with van der Waals surface area (Å²) in [5.74, 6) is 0. The average Bonchev–Trinajstić information content (AvgIpc) is 3.03. The molecule has 1 aliphatic rings. The Kier molecular flexibility index (Phi) is 5.29. The molecule has 1 saturated heterocycles. The van der Waals surface area contributed by atoms with Crippen molar-refractivity contribution in [2.24, 2.45) is 0 Å². The van der Waals surface area contributed by atoms with Crippen LogP contribution >= 0.6 is 11.6 Å². The molecule has 1 fully saturated rings. The van der Waals surface area contributed by atoms with Gasteiger partial charge in [-0.15, -0.1) is 0 Å². The van der Waals surface area contributed by atoms with Gasteiger partial charge in [0.15, 0.2) is 0 Å². The van der Waals surface area contributed by atoms with Gasteiger partial charge in [0.2, 0.25) is 0 Å². The van der Waals surface area contributed by atoms with Crippen molar-refractivity contribution in [3.8, 4) is 0 Å². The summed E-state index contributed by atoms with van der Waals surface area (Å²) >= 11 is 6.05. The Morgan fingerprint density at radius 3 is 2.21 bits per heavy atom. The molecular weight excluding hydrogens is 318 g/mol. The van der Waals surface area contributed by atoms with Crippen molar-refractivity contribution in [1.82, 2.24) is 4.90 Å². The van der Waals surface area contributed by atoms with E-state index in [4.69, 9.17) is 16.3 Å². The fourth-order valence-corrected chi connectivity index (χ4v) is 3.38. The topological polar surface area (TPSA) is 12.5 Å². The van der Waals surface area contributed by atoms with Gasteiger partial charge in [0.05, 0.1) is 6.10 Å². The van der Waals surface area contributed by atoms with Gasteiger partial charge >= 0.3 is 0 Å². The first-order valence-corrected chi connectivity index (χ1v) is 9.02. The highest BCUT2D eigenvalue weighted by Crippen LogP contribution is 2.31. The number of likely N-dealkylation sites (tertiary alicyclic amines) is 1. The van der Waals surface area contributed by atoms with Crippen molar-refractivity contribution in [3.05, 3.63) is 70.7 Å². The average molecular weight is 344 g/mol. The maximum atomic E-state index is 6.56. The van der Waals surface area contributed by atoms with Crippen LogP contribution in [-0.2, 0) is 4.74 Å². The lowest BCUT2D eigenvalue weighted by atomic mass is 10.0. The van der Waals surface area contributed by atoms with E-state index in [2.05, 4.69) is 62.1 Å². The molecule has 2 aromatic carbocycles. The standard InChI is InChI=1S/C21H26ClNO/c1-21(2,3)23-14-13-19(15-23)24-20(16-7-5-4-6-8-16)17-9-11-18(22)12-10-17/h4-12,19-20H,13-15H2,1-3H3/t19-,20-/m0/s1. The number of halogens is 1. The number of nitrogens with zero attached hydrogens (tertiary/aromatic N) is 1. The first-order valence-electron chi connectivity index (χ1n) is 8.64. The van der Waals surface area contributed by atoms with Gasteiger partial charge in [-0.2, -0.15) is 0 Å². The zero-order valence-electron chi connectivity index (χ0n) is 14.7. The van der Waals surface area contributed by atoms with Gasteiger partial charge in [0.25, 0.3) is 0 Å². The van der Waals surface area contributed by atoms with Crippen molar-refractivity contribution < 1.29 is 4.74 Å². The lowest BCUT2D eigenvalue weighted by molar-refractivity contribution is 0.00831. The smallest absolute Gasteiger partial charge is 0.108 e. The van der Waals surface area contributed by atoms with Crippen LogP contribution in [0.5, 0.6) is 0 Å². The van der Waals surface area contributed by atoms with E-state index in [1.54, 1.807) is 0 Å². The summed E-state index contributed by atoms with van der Waals surface area (Å²) in [6.45, 7) is 8.88. The SMILES string of the molecule is CC(C)(C)N1CC[C@H](O[C@@H](c2ccccc2)c2ccc(Cl)cc2)C1. The fourth-order valence-electron chi connectivity index (χ4n) is 3.26. The molecule has 2 nitrogen and oxygen atoms in total. The van der Waals surface area contributed by atoms with Gasteiger partial charge in [-0.25, -0.2) is 0 Å². The van der Waals surface area contributed by atoms with Crippen molar-refractivity contribution in [1.29, 1.82) is 0 Å². The maximum absolute atomic E-state index is 6.56. The molecule has 0 bridgehead atoms. The van der Waals surface area contributed by atoms with Gasteiger partial charge in [0, 0.05) is 23.7 Å². The number of ether oxygens (including phenoxy) is 1. The van der Waals surface area contributed by atoms with Crippen LogP contribution in [0.25, 0.3) is 0 Å². The third-order valence-corrected chi connectivity index (χ3v) is 4.95. The molecule has 0 unspecified atom stereocenters. The highest BCUT2D eigenvalue weighted by molar-refractivity contribution is 6.30. The minimum Gasteiger partial charge on any atom is -0.364 e. The van der Waals surface area contributed by atoms with Gasteiger partial charge < -0.3 is 4.74 Å². The van der Waals surface area contributed by atoms with Crippen molar-refractivity contribution >= 4 is 11.6 Å². The number of hydrogen-bond acceptors (Lipinski definition) is 2. The Labute approximate surface area is 150 Å². The summed E-state index contributed by atoms with van der Waals surface area (Å²) in [5.41, 5.74) is 2.54. The molecule has 0 N–H and O–H groups in total. The summed E-state index contributed by atoms with van der Waals surface area (Å²) < 4.78 is 6.56. The van der Waals surface area contributed by atoms with Crippen LogP contribution in [0, 0.1) is 0 Å². The predicted octanol–water partition coefficient (Wildman–Crippen LogP) is 5.32. The van der Waals surface area contributed by atoms with Crippen molar-refractivity contribution in [2.75, 3.05) is 13.1 Å². The van der Waals surface area contributed by atoms with Crippen LogP contribution in [0.15, 0.2) is 54.6 Å². The summed E-state index contributed by atoms with van der Waals surface area (Å²) in [5, 5.41) is 0.755. The van der Waals surface area contributed by atoms with Crippen LogP contribution in [0.3, 0.4) is 0 Å². The van der Waals surface area contributed by atoms with E-state index in [0.29, 0.717) is 0 Å². The molecule has 3 rings (SSSR count). The van der Waals surface area contributed by atoms with Crippen LogP contribution in [0.2, 0.25) is 5.02 Å². The highest BCUT2D eigenvalue weighted by Gasteiger charge is 2.32. The van der Waals surface area contributed by atoms with Crippen molar-refractivity contribution in [3.63, 3.8) is 0 Å². The van der Waals surface area contributed by atoms with Crippen LogP contribution in [0.1, 0.15) is 44.4 Å². The second kappa shape index (κ2) is 7.26. The quantitative estimate of drug-likeness (QED) is 0.745. The van der Waals surface area contributed by atoms with Gasteiger partial charge in [0.1, 0.15) is 6.10 Å². The molecule has 0 aromatic heterocycles. The lowest BCUT2D eigenvalue weighted by Gasteiger charge is -2.32. The molecule has 0 radical (unpaired) electrons. The molecule has 0 spiro atoms. The summed E-state index contributed by atoms with van der Waals surface area (Å²) in [6, 6.07) is 18.5. The Morgan fingerprint density at radius 2 is 1.62 bits per heavy atom. The molecule has 2 aromatic rings. The molecular formula is C21H26ClNO. The van der Waals surface area contributed by atoms with Crippen LogP contribution in [-0.4, -0.2) is 29.6 Å². The van der Waals surface area contributed by atoms with E-state index < -0.39 is 0 Å². The Hall–Kier alpha value is -1.35. The molecule has 1 aliphatic heterocycles. The lowest BCUT2D eigenvalue weighted by Crippen LogP contribution is -2.40. The Bertz CT molecular complexity index is 648. The van der Waals surface area contributed by atoms with Crippen LogP contribution < -0.4 is 0 Å². The van der Waals surface area contributed by atoms with Gasteiger partial charge in [-0.3, -0.25) is 4.90 Å². The highest BCUT2D eigenvalue weighted by atomic mass is 35.5. The first-order chi connectivity index (χ1) is 11.4. The number of benzene rings is 2. The fraction of sp³-hybridized carbons (Fsp3) is 0.429. The maximum Gasteiger partial charge on any atom is 0.108 e. The molecule has 2 atom stereocenters.